The van der Waals surface area contributed by atoms with Gasteiger partial charge >= 0.3 is 0 Å². The normalized spacial score (nSPS) is 14.7. The Bertz CT molecular complexity index is 1310. The highest BCUT2D eigenvalue weighted by molar-refractivity contribution is 7.90. The minimum Gasteiger partial charge on any atom is -0.489 e. The number of aliphatic hydroxyl groups excluding tert-OH is 1. The number of benzene rings is 3. The minimum absolute atomic E-state index is 0. The van der Waals surface area contributed by atoms with Crippen molar-refractivity contribution in [2.24, 2.45) is 0 Å². The molecule has 7 nitrogen and oxygen atoms in total. The molecule has 4 rings (SSSR count). The Morgan fingerprint density at radius 2 is 1.64 bits per heavy atom. The molecule has 1 saturated carbocycles. The highest BCUT2D eigenvalue weighted by atomic mass is 35.5. The molecular weight excluding hydrogens is 536 g/mol. The van der Waals surface area contributed by atoms with Gasteiger partial charge in [-0.2, -0.15) is 0 Å². The summed E-state index contributed by atoms with van der Waals surface area (Å²) in [5, 5.41) is 13.6. The summed E-state index contributed by atoms with van der Waals surface area (Å²) < 4.78 is 33.9. The number of halogens is 1. The van der Waals surface area contributed by atoms with Gasteiger partial charge in [0.05, 0.1) is 12.2 Å². The van der Waals surface area contributed by atoms with E-state index in [2.05, 4.69) is 10.0 Å². The van der Waals surface area contributed by atoms with Crippen LogP contribution in [0.4, 0.5) is 0 Å². The number of ether oxygens (including phenoxy) is 1. The molecule has 9 heteroatoms. The number of rotatable bonds is 11. The summed E-state index contributed by atoms with van der Waals surface area (Å²) in [5.74, 6) is -0.370. The smallest absolute Gasteiger partial charge is 0.267 e. The van der Waals surface area contributed by atoms with E-state index < -0.39 is 22.0 Å². The monoisotopic (exact) mass is 572 g/mol. The number of hydrogen-bond acceptors (Lipinski definition) is 6. The molecule has 1 atom stereocenters. The first kappa shape index (κ1) is 30.6. The Morgan fingerprint density at radius 1 is 0.974 bits per heavy atom. The number of hydrogen-bond donors (Lipinski definition) is 3. The van der Waals surface area contributed by atoms with E-state index >= 15 is 0 Å². The van der Waals surface area contributed by atoms with Gasteiger partial charge in [0, 0.05) is 13.5 Å². The van der Waals surface area contributed by atoms with Gasteiger partial charge < -0.3 is 15.2 Å². The standard InChI is InChI=1S/C30H36N2O5S.ClH/c1-22(33)32-38(35,36)30-17-16-26(20-29(30)37-27-10-6-3-7-11-27)24-14-12-23(13-15-24)18-19-31-21-28(34)25-8-4-2-5-9-25;/h2,4-5,8-9,12-17,20,27-28,31,34H,3,6-7,10-11,18-19,21H2,1H3,(H,32,33);1H/t28-;/m0./s1. The van der Waals surface area contributed by atoms with Crippen molar-refractivity contribution in [1.82, 2.24) is 10.0 Å². The second-order valence-electron chi connectivity index (χ2n) is 9.78. The zero-order valence-corrected chi connectivity index (χ0v) is 23.8. The third-order valence-electron chi connectivity index (χ3n) is 6.76. The number of amides is 1. The van der Waals surface area contributed by atoms with Crippen molar-refractivity contribution in [3.05, 3.63) is 83.9 Å². The average Bonchev–Trinajstić information content (AvgIpc) is 2.91. The van der Waals surface area contributed by atoms with Crippen LogP contribution < -0.4 is 14.8 Å². The number of carbonyl (C=O) groups is 1. The van der Waals surface area contributed by atoms with Crippen molar-refractivity contribution in [2.45, 2.75) is 62.6 Å². The molecule has 0 heterocycles. The summed E-state index contributed by atoms with van der Waals surface area (Å²) in [7, 11) is -4.03. The van der Waals surface area contributed by atoms with Gasteiger partial charge in [0.25, 0.3) is 10.0 Å². The maximum atomic E-state index is 12.8. The number of nitrogens with one attached hydrogen (secondary N) is 2. The van der Waals surface area contributed by atoms with Gasteiger partial charge in [-0.05, 0) is 73.0 Å². The van der Waals surface area contributed by atoms with E-state index in [0.29, 0.717) is 6.54 Å². The Labute approximate surface area is 237 Å². The molecule has 1 fully saturated rings. The predicted octanol–water partition coefficient (Wildman–Crippen LogP) is 5.18. The second-order valence-corrected chi connectivity index (χ2v) is 11.4. The zero-order valence-electron chi connectivity index (χ0n) is 22.1. The van der Waals surface area contributed by atoms with Crippen LogP contribution in [0.15, 0.2) is 77.7 Å². The second kappa shape index (κ2) is 14.5. The van der Waals surface area contributed by atoms with Gasteiger partial charge in [-0.25, -0.2) is 13.1 Å². The Kier molecular flexibility index (Phi) is 11.4. The number of sulfonamides is 1. The summed E-state index contributed by atoms with van der Waals surface area (Å²) in [6.07, 6.45) is 5.27. The largest absolute Gasteiger partial charge is 0.489 e. The van der Waals surface area contributed by atoms with Gasteiger partial charge in [0.1, 0.15) is 10.6 Å². The summed E-state index contributed by atoms with van der Waals surface area (Å²) in [6, 6.07) is 22.7. The molecule has 1 amide bonds. The molecule has 39 heavy (non-hydrogen) atoms. The molecule has 0 unspecified atom stereocenters. The van der Waals surface area contributed by atoms with Gasteiger partial charge in [-0.15, -0.1) is 12.4 Å². The van der Waals surface area contributed by atoms with Crippen LogP contribution in [-0.2, 0) is 21.2 Å². The summed E-state index contributed by atoms with van der Waals surface area (Å²) >= 11 is 0. The summed E-state index contributed by atoms with van der Waals surface area (Å²) in [4.78, 5) is 11.5. The van der Waals surface area contributed by atoms with E-state index in [1.807, 2.05) is 54.6 Å². The maximum absolute atomic E-state index is 12.8. The zero-order chi connectivity index (χ0) is 27.0. The third kappa shape index (κ3) is 8.80. The molecule has 0 saturated heterocycles. The molecular formula is C30H37ClN2O5S. The molecule has 3 N–H and O–H groups in total. The fraction of sp³-hybridized carbons (Fsp3) is 0.367. The van der Waals surface area contributed by atoms with Gasteiger partial charge in [0.2, 0.25) is 5.91 Å². The maximum Gasteiger partial charge on any atom is 0.267 e. The van der Waals surface area contributed by atoms with Crippen LogP contribution in [0.1, 0.15) is 56.3 Å². The van der Waals surface area contributed by atoms with E-state index in [1.165, 1.54) is 13.0 Å². The van der Waals surface area contributed by atoms with E-state index in [0.717, 1.165) is 67.3 Å². The van der Waals surface area contributed by atoms with Crippen LogP contribution in [0.2, 0.25) is 0 Å². The van der Waals surface area contributed by atoms with Crippen LogP contribution in [-0.4, -0.2) is 38.6 Å². The van der Waals surface area contributed by atoms with Crippen molar-refractivity contribution in [2.75, 3.05) is 13.1 Å². The lowest BCUT2D eigenvalue weighted by Crippen LogP contribution is -2.29. The molecule has 3 aromatic rings. The minimum atomic E-state index is -4.03. The van der Waals surface area contributed by atoms with Crippen molar-refractivity contribution in [3.8, 4) is 16.9 Å². The van der Waals surface area contributed by atoms with Crippen molar-refractivity contribution < 1.29 is 23.1 Å². The Morgan fingerprint density at radius 3 is 2.31 bits per heavy atom. The van der Waals surface area contributed by atoms with Crippen LogP contribution in [0.5, 0.6) is 5.75 Å². The van der Waals surface area contributed by atoms with E-state index in [-0.39, 0.29) is 29.2 Å². The topological polar surface area (TPSA) is 105 Å². The molecule has 0 aromatic heterocycles. The molecule has 0 aliphatic heterocycles. The first-order valence-corrected chi connectivity index (χ1v) is 14.7. The van der Waals surface area contributed by atoms with Crippen molar-refractivity contribution >= 4 is 28.3 Å². The SMILES string of the molecule is CC(=O)NS(=O)(=O)c1ccc(-c2ccc(CCNC[C@H](O)c3ccccc3)cc2)cc1OC1CCCCC1.Cl. The first-order valence-electron chi connectivity index (χ1n) is 13.2. The van der Waals surface area contributed by atoms with Gasteiger partial charge in [-0.1, -0.05) is 67.1 Å². The number of carbonyl (C=O) groups excluding carboxylic acids is 1. The predicted molar refractivity (Wildman–Crippen MR) is 156 cm³/mol. The fourth-order valence-electron chi connectivity index (χ4n) is 4.74. The molecule has 0 radical (unpaired) electrons. The Balaban J connectivity index is 0.00000420. The first-order chi connectivity index (χ1) is 18.3. The fourth-order valence-corrected chi connectivity index (χ4v) is 5.84. The molecule has 3 aromatic carbocycles. The lowest BCUT2D eigenvalue weighted by molar-refractivity contribution is -0.117. The highest BCUT2D eigenvalue weighted by Gasteiger charge is 2.24. The number of aliphatic hydroxyl groups is 1. The van der Waals surface area contributed by atoms with Crippen molar-refractivity contribution in [1.29, 1.82) is 0 Å². The molecule has 1 aliphatic rings. The Hall–Kier alpha value is -2.91. The van der Waals surface area contributed by atoms with Crippen LogP contribution >= 0.6 is 12.4 Å². The molecule has 1 aliphatic carbocycles. The van der Waals surface area contributed by atoms with E-state index in [1.54, 1.807) is 12.1 Å². The van der Waals surface area contributed by atoms with E-state index in [4.69, 9.17) is 4.74 Å². The van der Waals surface area contributed by atoms with Crippen LogP contribution in [0, 0.1) is 0 Å². The molecule has 0 spiro atoms. The lowest BCUT2D eigenvalue weighted by Gasteiger charge is -2.24. The molecule has 210 valence electrons. The van der Waals surface area contributed by atoms with E-state index in [9.17, 15) is 18.3 Å². The average molecular weight is 573 g/mol. The molecule has 0 bridgehead atoms. The van der Waals surface area contributed by atoms with Crippen LogP contribution in [0.25, 0.3) is 11.1 Å². The van der Waals surface area contributed by atoms with Crippen LogP contribution in [0.3, 0.4) is 0 Å². The lowest BCUT2D eigenvalue weighted by atomic mass is 9.97. The van der Waals surface area contributed by atoms with Crippen molar-refractivity contribution in [3.63, 3.8) is 0 Å². The quantitative estimate of drug-likeness (QED) is 0.274. The summed E-state index contributed by atoms with van der Waals surface area (Å²) in [5.41, 5.74) is 3.83. The van der Waals surface area contributed by atoms with Gasteiger partial charge in [0.15, 0.2) is 0 Å². The highest BCUT2D eigenvalue weighted by Crippen LogP contribution is 2.33. The summed E-state index contributed by atoms with van der Waals surface area (Å²) in [6.45, 7) is 2.40. The third-order valence-corrected chi connectivity index (χ3v) is 8.23. The van der Waals surface area contributed by atoms with Gasteiger partial charge in [-0.3, -0.25) is 4.79 Å².